The fourth-order valence-corrected chi connectivity index (χ4v) is 11.8. The molecule has 0 N–H and O–H groups in total. The van der Waals surface area contributed by atoms with Crippen molar-refractivity contribution in [3.63, 3.8) is 0 Å². The quantitative estimate of drug-likeness (QED) is 0.162. The van der Waals surface area contributed by atoms with E-state index in [0.29, 0.717) is 17.5 Å². The summed E-state index contributed by atoms with van der Waals surface area (Å²) < 4.78 is 5.16. The highest BCUT2D eigenvalue weighted by Gasteiger charge is 2.42. The lowest BCUT2D eigenvalue weighted by Gasteiger charge is -2.34. The van der Waals surface area contributed by atoms with Crippen molar-refractivity contribution in [2.45, 2.75) is 52.4 Å². The van der Waals surface area contributed by atoms with Crippen LogP contribution in [0.4, 0.5) is 0 Å². The summed E-state index contributed by atoms with van der Waals surface area (Å²) in [5.74, 6) is 1.91. The van der Waals surface area contributed by atoms with Crippen LogP contribution in [0.25, 0.3) is 111 Å². The van der Waals surface area contributed by atoms with E-state index < -0.39 is 0 Å². The zero-order valence-corrected chi connectivity index (χ0v) is 40.8. The Bertz CT molecular complexity index is 3900. The molecule has 0 bridgehead atoms. The molecule has 71 heavy (non-hydrogen) atoms. The van der Waals surface area contributed by atoms with Crippen molar-refractivity contribution in [3.05, 3.63) is 205 Å². The predicted molar refractivity (Wildman–Crippen MR) is 298 cm³/mol. The first kappa shape index (κ1) is 41.6. The molecule has 0 saturated carbocycles. The molecule has 0 radical (unpaired) electrons. The van der Waals surface area contributed by atoms with Gasteiger partial charge in [0.25, 0.3) is 6.71 Å². The van der Waals surface area contributed by atoms with Gasteiger partial charge in [-0.2, -0.15) is 0 Å². The molecule has 0 atom stereocenters. The average Bonchev–Trinajstić information content (AvgIpc) is 3.93. The Hall–Kier alpha value is -8.35. The number of fused-ring (bicyclic) bond motifs is 10. The SMILES string of the molecule is CC(C)(C)c1ccc2c(c1)c1c(-c3ccccc3)ccc3c1n2-c1cc(-c2nc(-c4ccccc4)nc(-c4ccccc4)n2)cc2c1B3c1ccc(-c3ccccc3)c3c4cc(C(C)(C)C)ccc4n-2c13. The molecule has 0 saturated heterocycles. The highest BCUT2D eigenvalue weighted by molar-refractivity contribution is 7.00. The van der Waals surface area contributed by atoms with Crippen LogP contribution in [0.1, 0.15) is 52.7 Å². The third-order valence-electron chi connectivity index (χ3n) is 15.3. The third kappa shape index (κ3) is 6.23. The monoisotopic (exact) mass is 911 g/mol. The molecule has 5 heterocycles. The summed E-state index contributed by atoms with van der Waals surface area (Å²) in [5, 5.41) is 5.08. The number of hydrogen-bond donors (Lipinski definition) is 0. The summed E-state index contributed by atoms with van der Waals surface area (Å²) in [6.45, 7) is 13.8. The molecule has 6 heteroatoms. The van der Waals surface area contributed by atoms with Crippen molar-refractivity contribution in [3.8, 4) is 67.8 Å². The minimum Gasteiger partial charge on any atom is -0.310 e. The zero-order valence-electron chi connectivity index (χ0n) is 40.8. The van der Waals surface area contributed by atoms with E-state index in [9.17, 15) is 0 Å². The molecule has 3 aromatic heterocycles. The van der Waals surface area contributed by atoms with Gasteiger partial charge < -0.3 is 9.13 Å². The first-order valence-corrected chi connectivity index (χ1v) is 24.9. The van der Waals surface area contributed by atoms with Gasteiger partial charge in [-0.3, -0.25) is 0 Å². The van der Waals surface area contributed by atoms with E-state index in [1.165, 1.54) is 93.4 Å². The van der Waals surface area contributed by atoms with E-state index in [4.69, 9.17) is 15.0 Å². The Morgan fingerprint density at radius 2 is 0.732 bits per heavy atom. The lowest BCUT2D eigenvalue weighted by Crippen LogP contribution is -2.59. The Balaban J connectivity index is 1.17. The number of benzene rings is 9. The lowest BCUT2D eigenvalue weighted by atomic mass is 9.34. The van der Waals surface area contributed by atoms with Crippen LogP contribution >= 0.6 is 0 Å². The molecular formula is C65H50BN5. The fraction of sp³-hybridized carbons (Fsp3) is 0.123. The molecule has 0 fully saturated rings. The molecule has 0 spiro atoms. The standard InChI is InChI=1S/C65H50BN5/c1-64(2,3)44-27-33-52-48(37-44)56-46(39-19-11-7-12-20-39)29-31-50-59(56)70(52)54-35-43(63-68-61(41-23-15-9-16-24-41)67-62(69-63)42-25-17-10-18-26-42)36-55-58(54)66(50)51-32-30-47(40-21-13-8-14-22-40)57-49-38-45(65(4,5)6)28-34-53(49)71(55)60(51)57/h7-38H,1-6H3. The van der Waals surface area contributed by atoms with Crippen LogP contribution in [0, 0.1) is 0 Å². The molecule has 12 aromatic rings. The van der Waals surface area contributed by atoms with Gasteiger partial charge in [0.15, 0.2) is 17.5 Å². The summed E-state index contributed by atoms with van der Waals surface area (Å²) in [4.78, 5) is 15.9. The predicted octanol–water partition coefficient (Wildman–Crippen LogP) is 14.1. The highest BCUT2D eigenvalue weighted by atomic mass is 15.1. The summed E-state index contributed by atoms with van der Waals surface area (Å²) in [5.41, 5.74) is 21.3. The van der Waals surface area contributed by atoms with Crippen molar-refractivity contribution in [1.82, 2.24) is 24.1 Å². The zero-order chi connectivity index (χ0) is 47.9. The fourth-order valence-electron chi connectivity index (χ4n) is 11.8. The van der Waals surface area contributed by atoms with Crippen molar-refractivity contribution in [2.24, 2.45) is 0 Å². The third-order valence-corrected chi connectivity index (χ3v) is 15.3. The molecule has 0 aliphatic carbocycles. The first-order valence-electron chi connectivity index (χ1n) is 24.9. The summed E-state index contributed by atoms with van der Waals surface area (Å²) >= 11 is 0. The minimum atomic E-state index is -0.0652. The molecule has 338 valence electrons. The Labute approximate surface area is 414 Å². The van der Waals surface area contributed by atoms with Gasteiger partial charge >= 0.3 is 0 Å². The molecule has 9 aromatic carbocycles. The first-order chi connectivity index (χ1) is 34.5. The van der Waals surface area contributed by atoms with Crippen molar-refractivity contribution < 1.29 is 0 Å². The number of nitrogens with zero attached hydrogens (tertiary/aromatic N) is 5. The van der Waals surface area contributed by atoms with Gasteiger partial charge in [0.05, 0.1) is 11.0 Å². The van der Waals surface area contributed by atoms with E-state index in [1.807, 2.05) is 36.4 Å². The van der Waals surface area contributed by atoms with Crippen LogP contribution in [-0.4, -0.2) is 30.8 Å². The summed E-state index contributed by atoms with van der Waals surface area (Å²) in [6, 6.07) is 71.3. The van der Waals surface area contributed by atoms with E-state index in [-0.39, 0.29) is 17.5 Å². The average molecular weight is 912 g/mol. The van der Waals surface area contributed by atoms with Gasteiger partial charge in [-0.15, -0.1) is 0 Å². The van der Waals surface area contributed by atoms with Gasteiger partial charge in [0.1, 0.15) is 0 Å². The Morgan fingerprint density at radius 1 is 0.366 bits per heavy atom. The van der Waals surface area contributed by atoms with Crippen LogP contribution in [0.15, 0.2) is 194 Å². The van der Waals surface area contributed by atoms with Crippen molar-refractivity contribution in [2.75, 3.05) is 0 Å². The number of hydrogen-bond acceptors (Lipinski definition) is 3. The van der Waals surface area contributed by atoms with E-state index in [0.717, 1.165) is 28.1 Å². The van der Waals surface area contributed by atoms with Gasteiger partial charge in [-0.1, -0.05) is 199 Å². The lowest BCUT2D eigenvalue weighted by molar-refractivity contribution is 0.591. The summed E-state index contributed by atoms with van der Waals surface area (Å²) in [6.07, 6.45) is 0. The second-order valence-electron chi connectivity index (χ2n) is 21.6. The van der Waals surface area contributed by atoms with Crippen molar-refractivity contribution in [1.29, 1.82) is 0 Å². The second kappa shape index (κ2) is 15.1. The Morgan fingerprint density at radius 3 is 1.11 bits per heavy atom. The maximum atomic E-state index is 5.39. The Kier molecular flexibility index (Phi) is 8.84. The molecular weight excluding hydrogens is 862 g/mol. The molecule has 2 aliphatic rings. The van der Waals surface area contributed by atoms with E-state index >= 15 is 0 Å². The molecule has 0 amide bonds. The van der Waals surface area contributed by atoms with E-state index in [1.54, 1.807) is 0 Å². The molecule has 5 nitrogen and oxygen atoms in total. The second-order valence-corrected chi connectivity index (χ2v) is 21.6. The van der Waals surface area contributed by atoms with Gasteiger partial charge in [0, 0.05) is 60.6 Å². The summed E-state index contributed by atoms with van der Waals surface area (Å²) in [7, 11) is 0. The minimum absolute atomic E-state index is 0.0494. The normalized spacial score (nSPS) is 12.9. The maximum Gasteiger partial charge on any atom is 0.252 e. The van der Waals surface area contributed by atoms with E-state index in [2.05, 4.69) is 208 Å². The number of rotatable bonds is 5. The van der Waals surface area contributed by atoms with Crippen LogP contribution in [0.5, 0.6) is 0 Å². The number of aromatic nitrogens is 5. The smallest absolute Gasteiger partial charge is 0.252 e. The van der Waals surface area contributed by atoms with Gasteiger partial charge in [-0.25, -0.2) is 15.0 Å². The highest BCUT2D eigenvalue weighted by Crippen LogP contribution is 2.46. The van der Waals surface area contributed by atoms with Gasteiger partial charge in [0.2, 0.25) is 0 Å². The topological polar surface area (TPSA) is 48.5 Å². The molecule has 2 aliphatic heterocycles. The van der Waals surface area contributed by atoms with Crippen LogP contribution < -0.4 is 16.4 Å². The van der Waals surface area contributed by atoms with Crippen LogP contribution in [-0.2, 0) is 10.8 Å². The van der Waals surface area contributed by atoms with Crippen molar-refractivity contribution >= 4 is 66.7 Å². The van der Waals surface area contributed by atoms with Crippen LogP contribution in [0.3, 0.4) is 0 Å². The maximum absolute atomic E-state index is 5.39. The molecule has 14 rings (SSSR count). The van der Waals surface area contributed by atoms with Gasteiger partial charge in [-0.05, 0) is 97.0 Å². The molecule has 0 unspecified atom stereocenters. The van der Waals surface area contributed by atoms with Crippen LogP contribution in [0.2, 0.25) is 0 Å². The largest absolute Gasteiger partial charge is 0.310 e.